The molecule has 0 unspecified atom stereocenters. The minimum absolute atomic E-state index is 0.127. The van der Waals surface area contributed by atoms with Crippen molar-refractivity contribution in [1.29, 1.82) is 0 Å². The van der Waals surface area contributed by atoms with Crippen LogP contribution in [0.15, 0.2) is 58.4 Å². The number of hydrogen-bond acceptors (Lipinski definition) is 3. The van der Waals surface area contributed by atoms with Gasteiger partial charge in [-0.2, -0.15) is 0 Å². The van der Waals surface area contributed by atoms with Gasteiger partial charge < -0.3 is 5.32 Å². The van der Waals surface area contributed by atoms with E-state index >= 15 is 0 Å². The summed E-state index contributed by atoms with van der Waals surface area (Å²) in [6.07, 6.45) is 2.74. The van der Waals surface area contributed by atoms with Gasteiger partial charge in [0.05, 0.1) is 10.6 Å². The Labute approximate surface area is 144 Å². The zero-order valence-electron chi connectivity index (χ0n) is 12.5. The van der Waals surface area contributed by atoms with Crippen LogP contribution in [0.4, 0.5) is 5.69 Å². The Morgan fingerprint density at radius 2 is 1.91 bits per heavy atom. The van der Waals surface area contributed by atoms with Crippen LogP contribution in [0, 0.1) is 0 Å². The van der Waals surface area contributed by atoms with Gasteiger partial charge in [-0.3, -0.25) is 4.79 Å². The second-order valence-electron chi connectivity index (χ2n) is 5.02. The summed E-state index contributed by atoms with van der Waals surface area (Å²) in [6, 6.07) is 15.3. The lowest BCUT2D eigenvalue weighted by Crippen LogP contribution is -2.19. The topological polar surface area (TPSA) is 41.5 Å². The maximum atomic E-state index is 12.1. The SMILES string of the molecule is CCc1ccccc1N=C1NC(=O)C(=Cc2ccc(Cl)cc2)S1. The molecule has 0 aliphatic carbocycles. The highest BCUT2D eigenvalue weighted by molar-refractivity contribution is 8.18. The van der Waals surface area contributed by atoms with Crippen LogP contribution in [0.5, 0.6) is 0 Å². The highest BCUT2D eigenvalue weighted by Gasteiger charge is 2.23. The average Bonchev–Trinajstić information content (AvgIpc) is 2.89. The summed E-state index contributed by atoms with van der Waals surface area (Å²) in [5.74, 6) is -0.127. The number of carbonyl (C=O) groups excluding carboxylic acids is 1. The quantitative estimate of drug-likeness (QED) is 0.814. The molecule has 1 N–H and O–H groups in total. The zero-order chi connectivity index (χ0) is 16.2. The molecule has 2 aromatic rings. The minimum Gasteiger partial charge on any atom is -0.300 e. The predicted octanol–water partition coefficient (Wildman–Crippen LogP) is 4.79. The number of hydrogen-bond donors (Lipinski definition) is 1. The van der Waals surface area contributed by atoms with Gasteiger partial charge in [0.1, 0.15) is 0 Å². The molecule has 1 aliphatic heterocycles. The lowest BCUT2D eigenvalue weighted by atomic mass is 10.1. The van der Waals surface area contributed by atoms with Gasteiger partial charge in [0.15, 0.2) is 5.17 Å². The highest BCUT2D eigenvalue weighted by Crippen LogP contribution is 2.29. The standard InChI is InChI=1S/C18H15ClN2OS/c1-2-13-5-3-4-6-15(13)20-18-21-17(22)16(23-18)11-12-7-9-14(19)10-8-12/h3-11H,2H2,1H3,(H,20,21,22). The van der Waals surface area contributed by atoms with Crippen molar-refractivity contribution in [1.82, 2.24) is 5.32 Å². The number of carbonyl (C=O) groups is 1. The summed E-state index contributed by atoms with van der Waals surface area (Å²) in [5, 5.41) is 4.10. The Morgan fingerprint density at radius 3 is 2.65 bits per heavy atom. The van der Waals surface area contributed by atoms with E-state index in [9.17, 15) is 4.79 Å². The highest BCUT2D eigenvalue weighted by atomic mass is 35.5. The Hall–Kier alpha value is -2.04. The third-order valence-electron chi connectivity index (χ3n) is 3.41. The fraction of sp³-hybridized carbons (Fsp3) is 0.111. The number of rotatable bonds is 3. The third kappa shape index (κ3) is 3.84. The predicted molar refractivity (Wildman–Crippen MR) is 98.1 cm³/mol. The van der Waals surface area contributed by atoms with E-state index in [0.717, 1.165) is 23.2 Å². The molecule has 0 bridgehead atoms. The molecule has 3 rings (SSSR count). The number of aliphatic imine (C=N–C) groups is 1. The van der Waals surface area contributed by atoms with Crippen molar-refractivity contribution in [2.75, 3.05) is 0 Å². The number of nitrogens with one attached hydrogen (secondary N) is 1. The first-order valence-electron chi connectivity index (χ1n) is 7.29. The first-order chi connectivity index (χ1) is 11.2. The lowest BCUT2D eigenvalue weighted by molar-refractivity contribution is -0.115. The molecule has 0 radical (unpaired) electrons. The largest absolute Gasteiger partial charge is 0.300 e. The monoisotopic (exact) mass is 342 g/mol. The second-order valence-corrected chi connectivity index (χ2v) is 6.48. The number of benzene rings is 2. The molecular weight excluding hydrogens is 328 g/mol. The van der Waals surface area contributed by atoms with Crippen LogP contribution >= 0.6 is 23.4 Å². The molecule has 5 heteroatoms. The number of halogens is 1. The first-order valence-corrected chi connectivity index (χ1v) is 8.48. The van der Waals surface area contributed by atoms with Gasteiger partial charge >= 0.3 is 0 Å². The van der Waals surface area contributed by atoms with Crippen molar-refractivity contribution >= 4 is 46.2 Å². The number of thioether (sulfide) groups is 1. The maximum absolute atomic E-state index is 12.1. The van der Waals surface area contributed by atoms with Crippen LogP contribution in [0.2, 0.25) is 5.02 Å². The van der Waals surface area contributed by atoms with Gasteiger partial charge in [-0.15, -0.1) is 0 Å². The Morgan fingerprint density at radius 1 is 1.17 bits per heavy atom. The van der Waals surface area contributed by atoms with E-state index in [1.54, 1.807) is 12.1 Å². The van der Waals surface area contributed by atoms with Crippen LogP contribution in [0.25, 0.3) is 6.08 Å². The van der Waals surface area contributed by atoms with Gasteiger partial charge in [-0.05, 0) is 53.6 Å². The normalized spacial score (nSPS) is 17.7. The van der Waals surface area contributed by atoms with Crippen molar-refractivity contribution in [2.45, 2.75) is 13.3 Å². The molecule has 1 heterocycles. The van der Waals surface area contributed by atoms with E-state index in [4.69, 9.17) is 11.6 Å². The summed E-state index contributed by atoms with van der Waals surface area (Å²) >= 11 is 7.22. The maximum Gasteiger partial charge on any atom is 0.264 e. The van der Waals surface area contributed by atoms with Crippen LogP contribution < -0.4 is 5.32 Å². The number of amidine groups is 1. The molecule has 3 nitrogen and oxygen atoms in total. The Bertz CT molecular complexity index is 797. The van der Waals surface area contributed by atoms with Crippen LogP contribution in [0.3, 0.4) is 0 Å². The first kappa shape index (κ1) is 15.8. The molecule has 1 saturated heterocycles. The average molecular weight is 343 g/mol. The summed E-state index contributed by atoms with van der Waals surface area (Å²) in [7, 11) is 0. The van der Waals surface area contributed by atoms with Crippen LogP contribution in [-0.2, 0) is 11.2 Å². The number of aryl methyl sites for hydroxylation is 1. The van der Waals surface area contributed by atoms with Gasteiger partial charge in [-0.1, -0.05) is 48.9 Å². The van der Waals surface area contributed by atoms with E-state index in [1.165, 1.54) is 11.8 Å². The summed E-state index contributed by atoms with van der Waals surface area (Å²) < 4.78 is 0. The van der Waals surface area contributed by atoms with Gasteiger partial charge in [0.25, 0.3) is 5.91 Å². The van der Waals surface area contributed by atoms with Crippen LogP contribution in [0.1, 0.15) is 18.1 Å². The molecular formula is C18H15ClN2OS. The van der Waals surface area contributed by atoms with Crippen molar-refractivity contribution in [3.8, 4) is 0 Å². The Kier molecular flexibility index (Phi) is 4.84. The van der Waals surface area contributed by atoms with Crippen molar-refractivity contribution < 1.29 is 4.79 Å². The smallest absolute Gasteiger partial charge is 0.264 e. The third-order valence-corrected chi connectivity index (χ3v) is 4.58. The summed E-state index contributed by atoms with van der Waals surface area (Å²) in [6.45, 7) is 2.09. The molecule has 1 amide bonds. The van der Waals surface area contributed by atoms with Crippen molar-refractivity contribution in [3.63, 3.8) is 0 Å². The van der Waals surface area contributed by atoms with E-state index in [0.29, 0.717) is 15.1 Å². The molecule has 0 saturated carbocycles. The van der Waals surface area contributed by atoms with E-state index in [-0.39, 0.29) is 5.91 Å². The molecule has 1 aliphatic rings. The zero-order valence-corrected chi connectivity index (χ0v) is 14.1. The van der Waals surface area contributed by atoms with Crippen LogP contribution in [-0.4, -0.2) is 11.1 Å². The molecule has 0 atom stereocenters. The lowest BCUT2D eigenvalue weighted by Gasteiger charge is -2.02. The molecule has 0 aromatic heterocycles. The van der Waals surface area contributed by atoms with Gasteiger partial charge in [0.2, 0.25) is 0 Å². The molecule has 0 spiro atoms. The molecule has 23 heavy (non-hydrogen) atoms. The van der Waals surface area contributed by atoms with Crippen molar-refractivity contribution in [2.24, 2.45) is 4.99 Å². The number of amides is 1. The van der Waals surface area contributed by atoms with E-state index in [2.05, 4.69) is 17.2 Å². The molecule has 116 valence electrons. The molecule has 2 aromatic carbocycles. The fourth-order valence-electron chi connectivity index (χ4n) is 2.22. The van der Waals surface area contributed by atoms with E-state index in [1.807, 2.05) is 42.5 Å². The molecule has 1 fully saturated rings. The summed E-state index contributed by atoms with van der Waals surface area (Å²) in [5.41, 5.74) is 2.98. The van der Waals surface area contributed by atoms with E-state index < -0.39 is 0 Å². The van der Waals surface area contributed by atoms with Crippen molar-refractivity contribution in [3.05, 3.63) is 69.6 Å². The Balaban J connectivity index is 1.84. The van der Waals surface area contributed by atoms with Gasteiger partial charge in [0, 0.05) is 5.02 Å². The summed E-state index contributed by atoms with van der Waals surface area (Å²) in [4.78, 5) is 17.3. The van der Waals surface area contributed by atoms with Gasteiger partial charge in [-0.25, -0.2) is 4.99 Å². The number of para-hydroxylation sites is 1. The fourth-order valence-corrected chi connectivity index (χ4v) is 3.18. The second kappa shape index (κ2) is 7.02. The number of nitrogens with zero attached hydrogens (tertiary/aromatic N) is 1. The minimum atomic E-state index is -0.127.